The fourth-order valence-corrected chi connectivity index (χ4v) is 5.01. The fourth-order valence-electron chi connectivity index (χ4n) is 3.14. The monoisotopic (exact) mass is 412 g/mol. The number of fused-ring (bicyclic) bond motifs is 1. The minimum Gasteiger partial charge on any atom is -0.497 e. The van der Waals surface area contributed by atoms with Crippen molar-refractivity contribution >= 4 is 49.5 Å². The average Bonchev–Trinajstić information content (AvgIpc) is 3.09. The van der Waals surface area contributed by atoms with E-state index in [2.05, 4.69) is 22.2 Å². The maximum atomic E-state index is 12.8. The maximum Gasteiger partial charge on any atom is 0.257 e. The quantitative estimate of drug-likeness (QED) is 0.669. The third-order valence-corrected chi connectivity index (χ3v) is 6.49. The number of anilines is 1. The van der Waals surface area contributed by atoms with Crippen molar-refractivity contribution < 1.29 is 9.53 Å². The number of rotatable bonds is 4. The Balaban J connectivity index is 1.58. The van der Waals surface area contributed by atoms with Crippen LogP contribution in [-0.4, -0.2) is 28.9 Å². The van der Waals surface area contributed by atoms with Crippen LogP contribution in [0, 0.1) is 0 Å². The van der Waals surface area contributed by atoms with Crippen molar-refractivity contribution in [2.24, 2.45) is 10.7 Å². The number of hydrogen-bond donors (Lipinski definition) is 2. The van der Waals surface area contributed by atoms with Gasteiger partial charge in [0.2, 0.25) is 0 Å². The predicted molar refractivity (Wildman–Crippen MR) is 117 cm³/mol. The number of amidine groups is 1. The molecule has 1 aliphatic rings. The lowest BCUT2D eigenvalue weighted by atomic mass is 9.89. The molecule has 1 aromatic heterocycles. The first kappa shape index (κ1) is 18.8. The summed E-state index contributed by atoms with van der Waals surface area (Å²) >= 11 is 2.98. The number of carbonyl (C=O) groups excluding carboxylic acids is 1. The van der Waals surface area contributed by atoms with Crippen molar-refractivity contribution in [3.05, 3.63) is 53.6 Å². The topological polar surface area (TPSA) is 89.6 Å². The summed E-state index contributed by atoms with van der Waals surface area (Å²) in [6.07, 6.45) is 0.878. The second-order valence-electron chi connectivity index (χ2n) is 6.71. The second kappa shape index (κ2) is 7.44. The van der Waals surface area contributed by atoms with Crippen LogP contribution >= 0.6 is 23.1 Å². The summed E-state index contributed by atoms with van der Waals surface area (Å²) in [6, 6.07) is 13.2. The molecular formula is C20H20N4O2S2. The van der Waals surface area contributed by atoms with E-state index < -0.39 is 5.54 Å². The van der Waals surface area contributed by atoms with Gasteiger partial charge in [0, 0.05) is 11.3 Å². The second-order valence-corrected chi connectivity index (χ2v) is 8.86. The molecule has 0 aliphatic carbocycles. The van der Waals surface area contributed by atoms with E-state index >= 15 is 0 Å². The van der Waals surface area contributed by atoms with Gasteiger partial charge < -0.3 is 10.5 Å². The molecule has 0 spiro atoms. The number of carbonyl (C=O) groups is 1. The van der Waals surface area contributed by atoms with Crippen LogP contribution in [0.3, 0.4) is 0 Å². The van der Waals surface area contributed by atoms with Crippen LogP contribution < -0.4 is 15.8 Å². The molecule has 1 amide bonds. The number of thiazole rings is 1. The Labute approximate surface area is 171 Å². The van der Waals surface area contributed by atoms with Crippen LogP contribution in [0.15, 0.2) is 47.5 Å². The van der Waals surface area contributed by atoms with Gasteiger partial charge in [-0.3, -0.25) is 15.1 Å². The standard InChI is InChI=1S/C20H20N4O2S2/c1-20(8-9-27-18(21)24-20)13-5-3-4-12(10-13)17(25)23-19-22-15-7-6-14(26-2)11-16(15)28-19/h3-7,10-11H,8-9H2,1-2H3,(H2,21,24)(H,22,23,25). The van der Waals surface area contributed by atoms with Crippen molar-refractivity contribution in [2.75, 3.05) is 18.2 Å². The highest BCUT2D eigenvalue weighted by Gasteiger charge is 2.29. The number of ether oxygens (including phenoxy) is 1. The van der Waals surface area contributed by atoms with Crippen LogP contribution in [0.2, 0.25) is 0 Å². The van der Waals surface area contributed by atoms with Gasteiger partial charge >= 0.3 is 0 Å². The summed E-state index contributed by atoms with van der Waals surface area (Å²) in [5, 5.41) is 4.05. The fraction of sp³-hybridized carbons (Fsp3) is 0.250. The van der Waals surface area contributed by atoms with Crippen molar-refractivity contribution in [2.45, 2.75) is 18.9 Å². The Morgan fingerprint density at radius 1 is 1.29 bits per heavy atom. The Bertz CT molecular complexity index is 1080. The molecule has 0 radical (unpaired) electrons. The Morgan fingerprint density at radius 3 is 2.93 bits per heavy atom. The van der Waals surface area contributed by atoms with E-state index in [1.165, 1.54) is 11.3 Å². The summed E-state index contributed by atoms with van der Waals surface area (Å²) in [6.45, 7) is 2.05. The highest BCUT2D eigenvalue weighted by molar-refractivity contribution is 8.13. The molecule has 3 N–H and O–H groups in total. The zero-order valence-electron chi connectivity index (χ0n) is 15.6. The van der Waals surface area contributed by atoms with Crippen LogP contribution in [0.4, 0.5) is 5.13 Å². The number of thioether (sulfide) groups is 1. The molecule has 1 aliphatic heterocycles. The zero-order valence-corrected chi connectivity index (χ0v) is 17.2. The van der Waals surface area contributed by atoms with Gasteiger partial charge in [0.25, 0.3) is 5.91 Å². The van der Waals surface area contributed by atoms with Gasteiger partial charge in [-0.05, 0) is 49.2 Å². The van der Waals surface area contributed by atoms with Crippen molar-refractivity contribution in [3.63, 3.8) is 0 Å². The summed E-state index contributed by atoms with van der Waals surface area (Å²) in [4.78, 5) is 21.9. The number of benzene rings is 2. The van der Waals surface area contributed by atoms with Crippen molar-refractivity contribution in [1.29, 1.82) is 0 Å². The van der Waals surface area contributed by atoms with E-state index in [0.29, 0.717) is 15.9 Å². The van der Waals surface area contributed by atoms with Crippen molar-refractivity contribution in [3.8, 4) is 5.75 Å². The van der Waals surface area contributed by atoms with Gasteiger partial charge in [-0.2, -0.15) is 0 Å². The van der Waals surface area contributed by atoms with Gasteiger partial charge in [-0.1, -0.05) is 35.2 Å². The normalized spacial score (nSPS) is 19.3. The summed E-state index contributed by atoms with van der Waals surface area (Å²) in [5.74, 6) is 1.48. The Kier molecular flexibility index (Phi) is 4.99. The third kappa shape index (κ3) is 3.70. The molecule has 1 atom stereocenters. The lowest BCUT2D eigenvalue weighted by Gasteiger charge is -2.30. The van der Waals surface area contributed by atoms with E-state index in [1.807, 2.05) is 36.4 Å². The Morgan fingerprint density at radius 2 is 2.14 bits per heavy atom. The zero-order chi connectivity index (χ0) is 19.7. The van der Waals surface area contributed by atoms with E-state index in [-0.39, 0.29) is 5.91 Å². The molecule has 1 unspecified atom stereocenters. The lowest BCUT2D eigenvalue weighted by Crippen LogP contribution is -2.29. The smallest absolute Gasteiger partial charge is 0.257 e. The SMILES string of the molecule is COc1ccc2nc(NC(=O)c3cccc(C4(C)CCSC(N)=N4)c3)sc2c1. The van der Waals surface area contributed by atoms with Gasteiger partial charge in [0.05, 0.1) is 22.9 Å². The minimum absolute atomic E-state index is 0.196. The molecule has 3 aromatic rings. The number of nitrogens with zero attached hydrogens (tertiary/aromatic N) is 2. The number of nitrogens with two attached hydrogens (primary N) is 1. The minimum atomic E-state index is -0.405. The van der Waals surface area contributed by atoms with Gasteiger partial charge in [-0.15, -0.1) is 0 Å². The number of aromatic nitrogens is 1. The Hall–Kier alpha value is -2.58. The van der Waals surface area contributed by atoms with E-state index in [0.717, 1.165) is 33.7 Å². The molecule has 0 saturated heterocycles. The van der Waals surface area contributed by atoms with Gasteiger partial charge in [-0.25, -0.2) is 4.98 Å². The molecule has 0 bridgehead atoms. The molecular weight excluding hydrogens is 392 g/mol. The summed E-state index contributed by atoms with van der Waals surface area (Å²) < 4.78 is 6.20. The van der Waals surface area contributed by atoms with E-state index in [1.54, 1.807) is 24.9 Å². The number of nitrogens with one attached hydrogen (secondary N) is 1. The highest BCUT2D eigenvalue weighted by Crippen LogP contribution is 2.35. The first-order chi connectivity index (χ1) is 13.5. The summed E-state index contributed by atoms with van der Waals surface area (Å²) in [5.41, 5.74) is 7.90. The first-order valence-corrected chi connectivity index (χ1v) is 10.6. The van der Waals surface area contributed by atoms with E-state index in [9.17, 15) is 4.79 Å². The average molecular weight is 413 g/mol. The van der Waals surface area contributed by atoms with Crippen LogP contribution in [0.5, 0.6) is 5.75 Å². The van der Waals surface area contributed by atoms with Crippen LogP contribution in [0.1, 0.15) is 29.3 Å². The largest absolute Gasteiger partial charge is 0.497 e. The van der Waals surface area contributed by atoms with Gasteiger partial charge in [0.1, 0.15) is 5.75 Å². The van der Waals surface area contributed by atoms with Crippen molar-refractivity contribution in [1.82, 2.24) is 4.98 Å². The van der Waals surface area contributed by atoms with Crippen LogP contribution in [-0.2, 0) is 5.54 Å². The molecule has 0 fully saturated rings. The molecule has 2 heterocycles. The third-order valence-electron chi connectivity index (χ3n) is 4.76. The predicted octanol–water partition coefficient (Wildman–Crippen LogP) is 4.22. The number of hydrogen-bond acceptors (Lipinski definition) is 7. The highest BCUT2D eigenvalue weighted by atomic mass is 32.2. The molecule has 2 aromatic carbocycles. The molecule has 6 nitrogen and oxygen atoms in total. The summed E-state index contributed by atoms with van der Waals surface area (Å²) in [7, 11) is 1.63. The van der Waals surface area contributed by atoms with E-state index in [4.69, 9.17) is 10.5 Å². The lowest BCUT2D eigenvalue weighted by molar-refractivity contribution is 0.102. The first-order valence-electron chi connectivity index (χ1n) is 8.81. The molecule has 0 saturated carbocycles. The molecule has 4 rings (SSSR count). The molecule has 28 heavy (non-hydrogen) atoms. The maximum absolute atomic E-state index is 12.8. The number of aliphatic imine (C=N–C) groups is 1. The number of methoxy groups -OCH3 is 1. The van der Waals surface area contributed by atoms with Crippen LogP contribution in [0.25, 0.3) is 10.2 Å². The molecule has 8 heteroatoms. The molecule has 144 valence electrons. The number of amides is 1. The van der Waals surface area contributed by atoms with Gasteiger partial charge in [0.15, 0.2) is 10.3 Å².